The van der Waals surface area contributed by atoms with Gasteiger partial charge < -0.3 is 10.4 Å². The van der Waals surface area contributed by atoms with Crippen LogP contribution in [0.5, 0.6) is 0 Å². The Hall–Kier alpha value is -2.42. The molecule has 2 N–H and O–H groups in total. The first-order chi connectivity index (χ1) is 13.3. The predicted molar refractivity (Wildman–Crippen MR) is 111 cm³/mol. The van der Waals surface area contributed by atoms with Crippen LogP contribution in [0.1, 0.15) is 47.9 Å². The van der Waals surface area contributed by atoms with E-state index in [0.29, 0.717) is 5.92 Å². The molecule has 0 amide bonds. The van der Waals surface area contributed by atoms with Gasteiger partial charge in [-0.1, -0.05) is 91.0 Å². The van der Waals surface area contributed by atoms with Gasteiger partial charge in [0.15, 0.2) is 0 Å². The average molecular weight is 357 g/mol. The highest BCUT2D eigenvalue weighted by Crippen LogP contribution is 2.35. The Balaban J connectivity index is 1.57. The molecule has 0 radical (unpaired) electrons. The molecule has 1 aliphatic carbocycles. The Kier molecular flexibility index (Phi) is 5.66. The van der Waals surface area contributed by atoms with Crippen molar-refractivity contribution in [3.05, 3.63) is 108 Å². The first-order valence-corrected chi connectivity index (χ1v) is 9.88. The second-order valence-corrected chi connectivity index (χ2v) is 7.59. The van der Waals surface area contributed by atoms with Crippen LogP contribution < -0.4 is 5.32 Å². The third-order valence-corrected chi connectivity index (χ3v) is 5.62. The van der Waals surface area contributed by atoms with Crippen molar-refractivity contribution >= 4 is 0 Å². The van der Waals surface area contributed by atoms with Crippen molar-refractivity contribution in [1.29, 1.82) is 0 Å². The lowest BCUT2D eigenvalue weighted by Crippen LogP contribution is -2.41. The summed E-state index contributed by atoms with van der Waals surface area (Å²) < 4.78 is 0. The lowest BCUT2D eigenvalue weighted by Gasteiger charge is -2.36. The smallest absolute Gasteiger partial charge is 0.0578 e. The van der Waals surface area contributed by atoms with Crippen LogP contribution in [0.2, 0.25) is 0 Å². The molecule has 0 aliphatic heterocycles. The number of hydrogen-bond acceptors (Lipinski definition) is 2. The van der Waals surface area contributed by atoms with Gasteiger partial charge in [0.05, 0.1) is 12.1 Å². The lowest BCUT2D eigenvalue weighted by molar-refractivity contribution is 0.0985. The van der Waals surface area contributed by atoms with Gasteiger partial charge in [-0.2, -0.15) is 0 Å². The molecule has 0 bridgehead atoms. The van der Waals surface area contributed by atoms with E-state index >= 15 is 0 Å². The van der Waals surface area contributed by atoms with Crippen molar-refractivity contribution in [3.8, 4) is 0 Å². The predicted octanol–water partition coefficient (Wildman–Crippen LogP) is 5.06. The van der Waals surface area contributed by atoms with Gasteiger partial charge in [0.1, 0.15) is 0 Å². The maximum atomic E-state index is 10.5. The summed E-state index contributed by atoms with van der Waals surface area (Å²) >= 11 is 0. The molecule has 1 fully saturated rings. The second kappa shape index (κ2) is 8.51. The Bertz CT molecular complexity index is 779. The van der Waals surface area contributed by atoms with Crippen LogP contribution >= 0.6 is 0 Å². The third-order valence-electron chi connectivity index (χ3n) is 5.62. The van der Waals surface area contributed by atoms with Crippen molar-refractivity contribution in [2.75, 3.05) is 0 Å². The van der Waals surface area contributed by atoms with E-state index in [1.165, 1.54) is 16.7 Å². The van der Waals surface area contributed by atoms with E-state index in [2.05, 4.69) is 96.3 Å². The molecule has 1 saturated carbocycles. The first-order valence-electron chi connectivity index (χ1n) is 9.88. The Morgan fingerprint density at radius 3 is 1.74 bits per heavy atom. The lowest BCUT2D eigenvalue weighted by atomic mass is 9.79. The average Bonchev–Trinajstić information content (AvgIpc) is 2.73. The van der Waals surface area contributed by atoms with Crippen LogP contribution in [0.25, 0.3) is 0 Å². The van der Waals surface area contributed by atoms with E-state index in [1.54, 1.807) is 0 Å². The first kappa shape index (κ1) is 18.0. The summed E-state index contributed by atoms with van der Waals surface area (Å²) in [5.74, 6) is 0.402. The van der Waals surface area contributed by atoms with E-state index in [0.717, 1.165) is 19.3 Å². The highest BCUT2D eigenvalue weighted by atomic mass is 16.3. The van der Waals surface area contributed by atoms with Gasteiger partial charge >= 0.3 is 0 Å². The fourth-order valence-electron chi connectivity index (χ4n) is 4.33. The summed E-state index contributed by atoms with van der Waals surface area (Å²) in [7, 11) is 0. The van der Waals surface area contributed by atoms with Crippen LogP contribution in [0.4, 0.5) is 0 Å². The number of rotatable bonds is 5. The highest BCUT2D eigenvalue weighted by molar-refractivity contribution is 5.32. The minimum Gasteiger partial charge on any atom is -0.393 e. The minimum absolute atomic E-state index is 0.138. The fraction of sp³-hybridized carbons (Fsp3) is 0.280. The largest absolute Gasteiger partial charge is 0.393 e. The summed E-state index contributed by atoms with van der Waals surface area (Å²) in [6.07, 6.45) is 2.45. The van der Waals surface area contributed by atoms with Gasteiger partial charge in [-0.25, -0.2) is 0 Å². The van der Waals surface area contributed by atoms with Gasteiger partial charge in [-0.05, 0) is 41.9 Å². The zero-order valence-corrected chi connectivity index (χ0v) is 15.5. The second-order valence-electron chi connectivity index (χ2n) is 7.59. The maximum Gasteiger partial charge on any atom is 0.0578 e. The SMILES string of the molecule is OC1CC(NC(c2ccccc2)c2ccccc2)CC(c2ccccc2)C1. The molecular weight excluding hydrogens is 330 g/mol. The topological polar surface area (TPSA) is 32.3 Å². The molecule has 1 aliphatic rings. The molecule has 0 heterocycles. The Morgan fingerprint density at radius 2 is 1.19 bits per heavy atom. The van der Waals surface area contributed by atoms with E-state index in [-0.39, 0.29) is 18.2 Å². The van der Waals surface area contributed by atoms with Gasteiger partial charge in [-0.3, -0.25) is 0 Å². The van der Waals surface area contributed by atoms with E-state index < -0.39 is 0 Å². The highest BCUT2D eigenvalue weighted by Gasteiger charge is 2.30. The number of aliphatic hydroxyl groups is 1. The normalized spacial score (nSPS) is 22.7. The summed E-state index contributed by atoms with van der Waals surface area (Å²) in [6.45, 7) is 0. The van der Waals surface area contributed by atoms with Crippen molar-refractivity contribution < 1.29 is 5.11 Å². The quantitative estimate of drug-likeness (QED) is 0.669. The van der Waals surface area contributed by atoms with Crippen LogP contribution in [0.3, 0.4) is 0 Å². The monoisotopic (exact) mass is 357 g/mol. The van der Waals surface area contributed by atoms with E-state index in [4.69, 9.17) is 0 Å². The molecule has 3 unspecified atom stereocenters. The maximum absolute atomic E-state index is 10.5. The standard InChI is InChI=1S/C25H27NO/c27-24-17-22(19-10-4-1-5-11-19)16-23(18-24)26-25(20-12-6-2-7-13-20)21-14-8-3-9-15-21/h1-15,22-27H,16-18H2. The molecule has 138 valence electrons. The van der Waals surface area contributed by atoms with E-state index in [1.807, 2.05) is 0 Å². The molecule has 3 atom stereocenters. The van der Waals surface area contributed by atoms with Crippen molar-refractivity contribution in [2.24, 2.45) is 0 Å². The number of aliphatic hydroxyl groups excluding tert-OH is 1. The number of benzene rings is 3. The molecule has 0 saturated heterocycles. The van der Waals surface area contributed by atoms with Crippen LogP contribution in [-0.2, 0) is 0 Å². The van der Waals surface area contributed by atoms with Crippen LogP contribution in [0, 0.1) is 0 Å². The van der Waals surface area contributed by atoms with Gasteiger partial charge in [0, 0.05) is 6.04 Å². The van der Waals surface area contributed by atoms with Crippen LogP contribution in [0.15, 0.2) is 91.0 Å². The molecule has 0 aromatic heterocycles. The summed E-state index contributed by atoms with van der Waals surface area (Å²) in [4.78, 5) is 0. The number of hydrogen-bond donors (Lipinski definition) is 2. The summed E-state index contributed by atoms with van der Waals surface area (Å²) in [6, 6.07) is 32.2. The van der Waals surface area contributed by atoms with Crippen molar-refractivity contribution in [1.82, 2.24) is 5.32 Å². The molecular formula is C25H27NO. The zero-order chi connectivity index (χ0) is 18.5. The van der Waals surface area contributed by atoms with Crippen molar-refractivity contribution in [3.63, 3.8) is 0 Å². The zero-order valence-electron chi connectivity index (χ0n) is 15.5. The van der Waals surface area contributed by atoms with E-state index in [9.17, 15) is 5.11 Å². The summed E-state index contributed by atoms with van der Waals surface area (Å²) in [5.41, 5.74) is 3.86. The third kappa shape index (κ3) is 4.47. The summed E-state index contributed by atoms with van der Waals surface area (Å²) in [5, 5.41) is 14.4. The molecule has 4 rings (SSSR count). The fourth-order valence-corrected chi connectivity index (χ4v) is 4.33. The molecule has 27 heavy (non-hydrogen) atoms. The van der Waals surface area contributed by atoms with Gasteiger partial charge in [0.2, 0.25) is 0 Å². The number of nitrogens with one attached hydrogen (secondary N) is 1. The molecule has 2 nitrogen and oxygen atoms in total. The van der Waals surface area contributed by atoms with Gasteiger partial charge in [-0.15, -0.1) is 0 Å². The molecule has 3 aromatic rings. The minimum atomic E-state index is -0.256. The van der Waals surface area contributed by atoms with Crippen molar-refractivity contribution in [2.45, 2.75) is 43.4 Å². The molecule has 3 aromatic carbocycles. The van der Waals surface area contributed by atoms with Gasteiger partial charge in [0.25, 0.3) is 0 Å². The molecule has 0 spiro atoms. The Morgan fingerprint density at radius 1 is 0.667 bits per heavy atom. The molecule has 2 heteroatoms. The van der Waals surface area contributed by atoms with Crippen LogP contribution in [-0.4, -0.2) is 17.3 Å². The Labute approximate surface area is 161 Å².